The molecular weight excluding hydrogens is 425 g/mol. The van der Waals surface area contributed by atoms with E-state index in [-0.39, 0.29) is 29.4 Å². The van der Waals surface area contributed by atoms with Crippen LogP contribution >= 0.6 is 35.6 Å². The van der Waals surface area contributed by atoms with Crippen LogP contribution in [0.2, 0.25) is 5.02 Å². The molecule has 1 aliphatic carbocycles. The summed E-state index contributed by atoms with van der Waals surface area (Å²) in [6.07, 6.45) is 2.38. The number of nitrogens with one attached hydrogen (secondary N) is 2. The molecule has 2 rings (SSSR count). The molecule has 1 saturated carbocycles. The Morgan fingerprint density at radius 1 is 1.22 bits per heavy atom. The predicted molar refractivity (Wildman–Crippen MR) is 108 cm³/mol. The van der Waals surface area contributed by atoms with Crippen LogP contribution < -0.4 is 10.6 Å². The van der Waals surface area contributed by atoms with E-state index in [0.29, 0.717) is 6.61 Å². The minimum atomic E-state index is 0. The Hall–Kier alpha value is -0.530. The van der Waals surface area contributed by atoms with Crippen LogP contribution in [-0.4, -0.2) is 38.8 Å². The molecule has 1 aromatic rings. The average Bonchev–Trinajstić information content (AvgIpc) is 3.31. The van der Waals surface area contributed by atoms with Gasteiger partial charge in [-0.05, 0) is 44.4 Å². The Balaban J connectivity index is 0.00000264. The number of ether oxygens (including phenoxy) is 1. The molecule has 0 bridgehead atoms. The maximum absolute atomic E-state index is 5.97. The van der Waals surface area contributed by atoms with Crippen LogP contribution in [0.4, 0.5) is 0 Å². The van der Waals surface area contributed by atoms with Gasteiger partial charge in [-0.15, -0.1) is 24.0 Å². The van der Waals surface area contributed by atoms with E-state index in [0.717, 1.165) is 37.2 Å². The van der Waals surface area contributed by atoms with Crippen LogP contribution in [0, 0.1) is 0 Å². The van der Waals surface area contributed by atoms with Gasteiger partial charge >= 0.3 is 0 Å². The van der Waals surface area contributed by atoms with Gasteiger partial charge in [-0.25, -0.2) is 0 Å². The maximum Gasteiger partial charge on any atom is 0.191 e. The first kappa shape index (κ1) is 20.5. The molecule has 23 heavy (non-hydrogen) atoms. The van der Waals surface area contributed by atoms with Crippen LogP contribution in [0.3, 0.4) is 0 Å². The number of hydrogen-bond donors (Lipinski definition) is 2. The topological polar surface area (TPSA) is 45.7 Å². The fraction of sp³-hybridized carbons (Fsp3) is 0.588. The zero-order valence-electron chi connectivity index (χ0n) is 13.9. The van der Waals surface area contributed by atoms with Crippen molar-refractivity contribution in [3.63, 3.8) is 0 Å². The van der Waals surface area contributed by atoms with E-state index in [9.17, 15) is 0 Å². The van der Waals surface area contributed by atoms with E-state index >= 15 is 0 Å². The van der Waals surface area contributed by atoms with Crippen LogP contribution in [0.1, 0.15) is 32.3 Å². The molecule has 1 fully saturated rings. The molecule has 0 unspecified atom stereocenters. The van der Waals surface area contributed by atoms with Gasteiger partial charge in [0.2, 0.25) is 0 Å². The standard InChI is InChI=1S/C17H26ClN3O.HI/c1-3-19-16(20-11-12-22-4-2)21-13-17(9-10-17)14-5-7-15(18)8-6-14;/h5-8H,3-4,9-13H2,1-2H3,(H2,19,20,21);1H. The van der Waals surface area contributed by atoms with Gasteiger partial charge in [0.25, 0.3) is 0 Å². The largest absolute Gasteiger partial charge is 0.380 e. The van der Waals surface area contributed by atoms with Crippen molar-refractivity contribution in [3.05, 3.63) is 34.9 Å². The van der Waals surface area contributed by atoms with Crippen molar-refractivity contribution in [2.75, 3.05) is 32.8 Å². The number of nitrogens with zero attached hydrogens (tertiary/aromatic N) is 1. The van der Waals surface area contributed by atoms with Gasteiger partial charge in [-0.2, -0.15) is 0 Å². The van der Waals surface area contributed by atoms with E-state index in [1.807, 2.05) is 19.1 Å². The zero-order valence-corrected chi connectivity index (χ0v) is 17.0. The molecular formula is C17H27ClIN3O. The summed E-state index contributed by atoms with van der Waals surface area (Å²) in [5.74, 6) is 0.863. The first-order chi connectivity index (χ1) is 10.7. The second-order valence-corrected chi connectivity index (χ2v) is 6.04. The quantitative estimate of drug-likeness (QED) is 0.275. The van der Waals surface area contributed by atoms with Crippen molar-refractivity contribution in [2.45, 2.75) is 32.1 Å². The lowest BCUT2D eigenvalue weighted by molar-refractivity contribution is 0.152. The third-order valence-electron chi connectivity index (χ3n) is 3.94. The molecule has 6 heteroatoms. The van der Waals surface area contributed by atoms with Gasteiger partial charge in [0, 0.05) is 30.1 Å². The lowest BCUT2D eigenvalue weighted by atomic mass is 9.96. The molecule has 0 saturated heterocycles. The minimum Gasteiger partial charge on any atom is -0.380 e. The minimum absolute atomic E-state index is 0. The summed E-state index contributed by atoms with van der Waals surface area (Å²) in [5.41, 5.74) is 1.54. The highest BCUT2D eigenvalue weighted by Gasteiger charge is 2.44. The summed E-state index contributed by atoms with van der Waals surface area (Å²) in [7, 11) is 0. The van der Waals surface area contributed by atoms with E-state index < -0.39 is 0 Å². The van der Waals surface area contributed by atoms with Crippen molar-refractivity contribution < 1.29 is 4.74 Å². The molecule has 0 aromatic heterocycles. The van der Waals surface area contributed by atoms with E-state index in [1.165, 1.54) is 18.4 Å². The van der Waals surface area contributed by atoms with Crippen molar-refractivity contribution in [1.29, 1.82) is 0 Å². The molecule has 0 heterocycles. The average molecular weight is 452 g/mol. The van der Waals surface area contributed by atoms with Gasteiger partial charge in [0.05, 0.1) is 13.2 Å². The van der Waals surface area contributed by atoms with E-state index in [1.54, 1.807) is 0 Å². The lowest BCUT2D eigenvalue weighted by Gasteiger charge is -2.16. The summed E-state index contributed by atoms with van der Waals surface area (Å²) in [5, 5.41) is 7.38. The molecule has 0 aliphatic heterocycles. The summed E-state index contributed by atoms with van der Waals surface area (Å²) in [6, 6.07) is 8.18. The van der Waals surface area contributed by atoms with E-state index in [2.05, 4.69) is 29.7 Å². The Morgan fingerprint density at radius 3 is 2.48 bits per heavy atom. The first-order valence-electron chi connectivity index (χ1n) is 8.06. The maximum atomic E-state index is 5.97. The monoisotopic (exact) mass is 451 g/mol. The number of hydrogen-bond acceptors (Lipinski definition) is 2. The lowest BCUT2D eigenvalue weighted by Crippen LogP contribution is -2.39. The number of halogens is 2. The Morgan fingerprint density at radius 2 is 1.91 bits per heavy atom. The second-order valence-electron chi connectivity index (χ2n) is 5.61. The van der Waals surface area contributed by atoms with Gasteiger partial charge in [-0.3, -0.25) is 4.99 Å². The summed E-state index contributed by atoms with van der Waals surface area (Å²) in [6.45, 7) is 7.95. The van der Waals surface area contributed by atoms with E-state index in [4.69, 9.17) is 21.3 Å². The molecule has 1 aliphatic rings. The number of rotatable bonds is 8. The molecule has 0 radical (unpaired) electrons. The smallest absolute Gasteiger partial charge is 0.191 e. The van der Waals surface area contributed by atoms with Crippen LogP contribution in [0.25, 0.3) is 0 Å². The van der Waals surface area contributed by atoms with Crippen molar-refractivity contribution in [1.82, 2.24) is 10.6 Å². The second kappa shape index (κ2) is 10.4. The Labute approximate surface area is 161 Å². The highest BCUT2D eigenvalue weighted by molar-refractivity contribution is 14.0. The number of guanidine groups is 1. The molecule has 1 aromatic carbocycles. The molecule has 0 atom stereocenters. The van der Waals surface area contributed by atoms with Crippen LogP contribution in [-0.2, 0) is 10.2 Å². The molecule has 130 valence electrons. The van der Waals surface area contributed by atoms with Gasteiger partial charge in [0.1, 0.15) is 0 Å². The normalized spacial score (nSPS) is 15.7. The van der Waals surface area contributed by atoms with Gasteiger partial charge < -0.3 is 15.4 Å². The fourth-order valence-electron chi connectivity index (χ4n) is 2.45. The Bertz CT molecular complexity index is 489. The highest BCUT2D eigenvalue weighted by Crippen LogP contribution is 2.48. The summed E-state index contributed by atoms with van der Waals surface area (Å²) >= 11 is 5.97. The number of aliphatic imine (C=N–C) groups is 1. The SMILES string of the molecule is CCNC(=NCC1(c2ccc(Cl)cc2)CC1)NCCOCC.I. The number of benzene rings is 1. The predicted octanol–water partition coefficient (Wildman–Crippen LogP) is 3.58. The van der Waals surface area contributed by atoms with Crippen molar-refractivity contribution >= 4 is 41.5 Å². The molecule has 0 amide bonds. The van der Waals surface area contributed by atoms with Crippen LogP contribution in [0.5, 0.6) is 0 Å². The summed E-state index contributed by atoms with van der Waals surface area (Å²) < 4.78 is 5.34. The fourth-order valence-corrected chi connectivity index (χ4v) is 2.58. The first-order valence-corrected chi connectivity index (χ1v) is 8.44. The van der Waals surface area contributed by atoms with Gasteiger partial charge in [-0.1, -0.05) is 23.7 Å². The Kier molecular flexibility index (Phi) is 9.24. The summed E-state index contributed by atoms with van der Waals surface area (Å²) in [4.78, 5) is 4.75. The van der Waals surface area contributed by atoms with Crippen molar-refractivity contribution in [2.24, 2.45) is 4.99 Å². The third-order valence-corrected chi connectivity index (χ3v) is 4.19. The molecule has 2 N–H and O–H groups in total. The van der Waals surface area contributed by atoms with Gasteiger partial charge in [0.15, 0.2) is 5.96 Å². The molecule has 4 nitrogen and oxygen atoms in total. The zero-order chi connectivity index (χ0) is 15.8. The van der Waals surface area contributed by atoms with Crippen molar-refractivity contribution in [3.8, 4) is 0 Å². The highest BCUT2D eigenvalue weighted by atomic mass is 127. The van der Waals surface area contributed by atoms with Crippen LogP contribution in [0.15, 0.2) is 29.3 Å². The third kappa shape index (κ3) is 6.47. The molecule has 0 spiro atoms.